The van der Waals surface area contributed by atoms with Crippen molar-refractivity contribution in [3.8, 4) is 0 Å². The second-order valence-corrected chi connectivity index (χ2v) is 7.34. The van der Waals surface area contributed by atoms with Gasteiger partial charge in [-0.15, -0.1) is 0 Å². The number of halogens is 1. The van der Waals surface area contributed by atoms with Crippen molar-refractivity contribution >= 4 is 5.91 Å². The number of carbonyl (C=O) groups excluding carboxylic acids is 1. The van der Waals surface area contributed by atoms with E-state index in [-0.39, 0.29) is 30.3 Å². The molecule has 6 heteroatoms. The van der Waals surface area contributed by atoms with Crippen LogP contribution < -0.4 is 22.6 Å². The Bertz CT molecular complexity index is 842. The summed E-state index contributed by atoms with van der Waals surface area (Å²) in [5.74, 6) is 0.569. The maximum atomic E-state index is 13.3. The minimum atomic E-state index is -0.339. The van der Waals surface area contributed by atoms with E-state index < -0.39 is 0 Å². The Kier molecular flexibility index (Phi) is 8.08. The van der Waals surface area contributed by atoms with Crippen LogP contribution in [0.3, 0.4) is 0 Å². The van der Waals surface area contributed by atoms with Gasteiger partial charge in [0.15, 0.2) is 11.8 Å². The van der Waals surface area contributed by atoms with Gasteiger partial charge in [0.2, 0.25) is 5.91 Å². The van der Waals surface area contributed by atoms with E-state index in [9.17, 15) is 4.79 Å². The summed E-state index contributed by atoms with van der Waals surface area (Å²) in [5.41, 5.74) is 1.98. The molecule has 1 aromatic heterocycles. The molecule has 3 aromatic rings. The third kappa shape index (κ3) is 5.30. The standard InChI is InChI=1S/C24H26N2O3.ClH/c27-24(23(19-8-3-1-4-9-19)20-10-5-2-6-11-20)25-18-21(22-12-7-15-29-22)26-13-16-28-17-14-26;/h1-12,15,21,23H,13-14,16-18H2,(H,25,27);1H. The van der Waals surface area contributed by atoms with Crippen molar-refractivity contribution < 1.29 is 31.3 Å². The molecule has 0 radical (unpaired) electrons. The number of rotatable bonds is 7. The molecule has 0 saturated carbocycles. The van der Waals surface area contributed by atoms with Gasteiger partial charge < -0.3 is 31.8 Å². The molecule has 1 aliphatic heterocycles. The number of morpholine rings is 1. The van der Waals surface area contributed by atoms with Gasteiger partial charge in [-0.2, -0.15) is 0 Å². The van der Waals surface area contributed by atoms with Crippen LogP contribution in [0.1, 0.15) is 28.8 Å². The predicted octanol–water partition coefficient (Wildman–Crippen LogP) is -0.812. The fraction of sp³-hybridized carbons (Fsp3) is 0.292. The lowest BCUT2D eigenvalue weighted by molar-refractivity contribution is -0.938. The maximum Gasteiger partial charge on any atom is 0.232 e. The van der Waals surface area contributed by atoms with Crippen molar-refractivity contribution in [1.82, 2.24) is 5.32 Å². The highest BCUT2D eigenvalue weighted by atomic mass is 35.5. The molecule has 4 rings (SSSR count). The van der Waals surface area contributed by atoms with Crippen LogP contribution in [0.5, 0.6) is 0 Å². The van der Waals surface area contributed by atoms with Crippen molar-refractivity contribution in [1.29, 1.82) is 0 Å². The van der Waals surface area contributed by atoms with Crippen LogP contribution in [0, 0.1) is 0 Å². The first kappa shape index (κ1) is 22.1. The van der Waals surface area contributed by atoms with Crippen LogP contribution in [0.25, 0.3) is 0 Å². The summed E-state index contributed by atoms with van der Waals surface area (Å²) in [5, 5.41) is 3.20. The zero-order chi connectivity index (χ0) is 19.9. The minimum Gasteiger partial charge on any atom is -1.00 e. The molecular formula is C24H27ClN2O3. The zero-order valence-corrected chi connectivity index (χ0v) is 17.6. The third-order valence-electron chi connectivity index (χ3n) is 5.52. The van der Waals surface area contributed by atoms with Gasteiger partial charge in [0.25, 0.3) is 0 Å². The fourth-order valence-corrected chi connectivity index (χ4v) is 4.01. The molecule has 1 fully saturated rings. The predicted molar refractivity (Wildman–Crippen MR) is 111 cm³/mol. The molecule has 1 aliphatic rings. The van der Waals surface area contributed by atoms with Gasteiger partial charge in [-0.1, -0.05) is 60.7 Å². The molecule has 158 valence electrons. The molecule has 0 bridgehead atoms. The molecule has 5 nitrogen and oxygen atoms in total. The number of ether oxygens (including phenoxy) is 1. The smallest absolute Gasteiger partial charge is 0.232 e. The summed E-state index contributed by atoms with van der Waals surface area (Å²) in [4.78, 5) is 14.7. The van der Waals surface area contributed by atoms with E-state index in [0.717, 1.165) is 43.2 Å². The van der Waals surface area contributed by atoms with Crippen LogP contribution >= 0.6 is 0 Å². The Labute approximate surface area is 183 Å². The van der Waals surface area contributed by atoms with E-state index in [1.165, 1.54) is 4.90 Å². The lowest BCUT2D eigenvalue weighted by Gasteiger charge is -2.31. The van der Waals surface area contributed by atoms with E-state index in [4.69, 9.17) is 9.15 Å². The Morgan fingerprint density at radius 3 is 2.03 bits per heavy atom. The third-order valence-corrected chi connectivity index (χ3v) is 5.52. The number of amides is 1. The molecule has 2 N–H and O–H groups in total. The summed E-state index contributed by atoms with van der Waals surface area (Å²) in [7, 11) is 0. The highest BCUT2D eigenvalue weighted by Crippen LogP contribution is 2.25. The van der Waals surface area contributed by atoms with Crippen LogP contribution in [0.15, 0.2) is 83.5 Å². The van der Waals surface area contributed by atoms with Crippen molar-refractivity contribution in [3.05, 3.63) is 95.9 Å². The van der Waals surface area contributed by atoms with E-state index in [1.54, 1.807) is 6.26 Å². The van der Waals surface area contributed by atoms with Crippen molar-refractivity contribution in [2.24, 2.45) is 0 Å². The summed E-state index contributed by atoms with van der Waals surface area (Å²) in [6, 6.07) is 23.8. The van der Waals surface area contributed by atoms with Crippen LogP contribution in [-0.2, 0) is 9.53 Å². The average molecular weight is 427 g/mol. The van der Waals surface area contributed by atoms with E-state index in [2.05, 4.69) is 5.32 Å². The maximum absolute atomic E-state index is 13.3. The Morgan fingerprint density at radius 2 is 1.50 bits per heavy atom. The molecular weight excluding hydrogens is 400 g/mol. The fourth-order valence-electron chi connectivity index (χ4n) is 4.01. The normalized spacial score (nSPS) is 15.4. The molecule has 0 aliphatic carbocycles. The van der Waals surface area contributed by atoms with Crippen LogP contribution in [-0.4, -0.2) is 38.8 Å². The largest absolute Gasteiger partial charge is 1.00 e. The highest BCUT2D eigenvalue weighted by Gasteiger charge is 2.30. The Balaban J connectivity index is 0.00000256. The van der Waals surface area contributed by atoms with Gasteiger partial charge in [0.05, 0.1) is 31.9 Å². The lowest BCUT2D eigenvalue weighted by atomic mass is 9.90. The van der Waals surface area contributed by atoms with Gasteiger partial charge in [-0.25, -0.2) is 0 Å². The second kappa shape index (κ2) is 11.0. The van der Waals surface area contributed by atoms with Gasteiger partial charge in [0.1, 0.15) is 13.1 Å². The van der Waals surface area contributed by atoms with Crippen LogP contribution in [0.2, 0.25) is 0 Å². The summed E-state index contributed by atoms with van der Waals surface area (Å²) < 4.78 is 11.2. The highest BCUT2D eigenvalue weighted by molar-refractivity contribution is 5.87. The minimum absolute atomic E-state index is 0. The number of hydrogen-bond acceptors (Lipinski definition) is 3. The van der Waals surface area contributed by atoms with E-state index in [1.807, 2.05) is 72.8 Å². The van der Waals surface area contributed by atoms with Crippen LogP contribution in [0.4, 0.5) is 0 Å². The molecule has 0 spiro atoms. The number of furan rings is 1. The van der Waals surface area contributed by atoms with Gasteiger partial charge >= 0.3 is 0 Å². The van der Waals surface area contributed by atoms with E-state index in [0.29, 0.717) is 6.54 Å². The zero-order valence-electron chi connectivity index (χ0n) is 16.8. The number of quaternary nitrogens is 1. The van der Waals surface area contributed by atoms with Gasteiger partial charge in [0, 0.05) is 0 Å². The van der Waals surface area contributed by atoms with Crippen molar-refractivity contribution in [2.45, 2.75) is 12.0 Å². The quantitative estimate of drug-likeness (QED) is 0.519. The van der Waals surface area contributed by atoms with Gasteiger partial charge in [-0.3, -0.25) is 4.79 Å². The number of benzene rings is 2. The van der Waals surface area contributed by atoms with E-state index >= 15 is 0 Å². The molecule has 2 heterocycles. The molecule has 1 amide bonds. The first-order chi connectivity index (χ1) is 14.3. The molecule has 30 heavy (non-hydrogen) atoms. The Morgan fingerprint density at radius 1 is 0.900 bits per heavy atom. The lowest BCUT2D eigenvalue weighted by Crippen LogP contribution is -3.15. The monoisotopic (exact) mass is 426 g/mol. The molecule has 1 saturated heterocycles. The SMILES string of the molecule is O=C(NCC(c1ccco1)[NH+]1CCOCC1)C(c1ccccc1)c1ccccc1.[Cl-]. The average Bonchev–Trinajstić information content (AvgIpc) is 3.31. The topological polar surface area (TPSA) is 55.9 Å². The number of hydrogen-bond donors (Lipinski definition) is 2. The number of carbonyl (C=O) groups is 1. The molecule has 1 atom stereocenters. The molecule has 2 aromatic carbocycles. The van der Waals surface area contributed by atoms with Crippen molar-refractivity contribution in [2.75, 3.05) is 32.8 Å². The second-order valence-electron chi connectivity index (χ2n) is 7.34. The van der Waals surface area contributed by atoms with Gasteiger partial charge in [-0.05, 0) is 23.3 Å². The summed E-state index contributed by atoms with van der Waals surface area (Å²) in [6.07, 6.45) is 1.70. The summed E-state index contributed by atoms with van der Waals surface area (Å²) in [6.45, 7) is 3.80. The summed E-state index contributed by atoms with van der Waals surface area (Å²) >= 11 is 0. The first-order valence-electron chi connectivity index (χ1n) is 10.2. The molecule has 1 unspecified atom stereocenters. The van der Waals surface area contributed by atoms with Crippen molar-refractivity contribution in [3.63, 3.8) is 0 Å². The Hall–Kier alpha value is -2.60. The number of nitrogens with one attached hydrogen (secondary N) is 2. The first-order valence-corrected chi connectivity index (χ1v) is 10.2.